The van der Waals surface area contributed by atoms with Crippen molar-refractivity contribution in [3.63, 3.8) is 0 Å². The number of aromatic nitrogens is 4. The van der Waals surface area contributed by atoms with Crippen LogP contribution in [0.25, 0.3) is 22.4 Å². The Labute approximate surface area is 195 Å². The van der Waals surface area contributed by atoms with Crippen molar-refractivity contribution in [2.75, 3.05) is 31.6 Å². The predicted octanol–water partition coefficient (Wildman–Crippen LogP) is 3.66. The summed E-state index contributed by atoms with van der Waals surface area (Å²) in [4.78, 5) is 11.5. The van der Waals surface area contributed by atoms with E-state index in [9.17, 15) is 8.78 Å². The van der Waals surface area contributed by atoms with Gasteiger partial charge in [-0.25, -0.2) is 18.7 Å². The number of fused-ring (bicyclic) bond motifs is 2. The van der Waals surface area contributed by atoms with E-state index in [4.69, 9.17) is 15.5 Å². The molecular formula is C25H24F2N6O. The number of nitrogens with one attached hydrogen (secondary N) is 1. The molecule has 0 amide bonds. The Balaban J connectivity index is 1.28. The van der Waals surface area contributed by atoms with Crippen molar-refractivity contribution in [1.82, 2.24) is 20.2 Å². The molecule has 2 aromatic heterocycles. The van der Waals surface area contributed by atoms with E-state index in [1.54, 1.807) is 24.4 Å². The summed E-state index contributed by atoms with van der Waals surface area (Å²) in [5.74, 6) is 0.880. The molecule has 3 heterocycles. The van der Waals surface area contributed by atoms with Gasteiger partial charge in [0.2, 0.25) is 0 Å². The molecule has 7 nitrogen and oxygen atoms in total. The number of methoxy groups -OCH3 is 1. The van der Waals surface area contributed by atoms with Crippen molar-refractivity contribution in [3.8, 4) is 17.0 Å². The molecule has 4 aromatic rings. The summed E-state index contributed by atoms with van der Waals surface area (Å²) < 4.78 is 33.8. The maximum Gasteiger partial charge on any atom is 0.177 e. The topological polar surface area (TPSA) is 93.0 Å². The quantitative estimate of drug-likeness (QED) is 0.470. The van der Waals surface area contributed by atoms with E-state index >= 15 is 0 Å². The Bertz CT molecular complexity index is 1390. The van der Waals surface area contributed by atoms with Crippen molar-refractivity contribution < 1.29 is 13.5 Å². The van der Waals surface area contributed by atoms with Gasteiger partial charge in [-0.15, -0.1) is 0 Å². The van der Waals surface area contributed by atoms with Gasteiger partial charge in [0.25, 0.3) is 0 Å². The van der Waals surface area contributed by atoms with Gasteiger partial charge >= 0.3 is 0 Å². The van der Waals surface area contributed by atoms with Gasteiger partial charge in [-0.3, -0.25) is 5.10 Å². The van der Waals surface area contributed by atoms with Gasteiger partial charge in [0, 0.05) is 30.6 Å². The molecule has 2 aromatic carbocycles. The second-order valence-electron chi connectivity index (χ2n) is 9.02. The highest BCUT2D eigenvalue weighted by atomic mass is 19.1. The minimum atomic E-state index is -0.466. The molecule has 2 aliphatic rings. The summed E-state index contributed by atoms with van der Waals surface area (Å²) in [6, 6.07) is 11.6. The van der Waals surface area contributed by atoms with Crippen molar-refractivity contribution in [1.29, 1.82) is 0 Å². The number of halogens is 2. The van der Waals surface area contributed by atoms with Gasteiger partial charge in [-0.1, -0.05) is 18.2 Å². The second-order valence-corrected chi connectivity index (χ2v) is 9.02. The third-order valence-corrected chi connectivity index (χ3v) is 7.55. The van der Waals surface area contributed by atoms with Gasteiger partial charge in [0.1, 0.15) is 22.8 Å². The van der Waals surface area contributed by atoms with Crippen LogP contribution < -0.4 is 15.4 Å². The van der Waals surface area contributed by atoms with Crippen LogP contribution in [0.5, 0.6) is 5.75 Å². The fourth-order valence-electron chi connectivity index (χ4n) is 5.80. The number of ether oxygens (including phenoxy) is 1. The number of hydrogen-bond acceptors (Lipinski definition) is 6. The number of hydrogen-bond donors (Lipinski definition) is 2. The van der Waals surface area contributed by atoms with E-state index in [1.165, 1.54) is 19.2 Å². The number of nitrogens with zero attached hydrogens (tertiary/aromatic N) is 4. The van der Waals surface area contributed by atoms with Crippen LogP contribution in [0, 0.1) is 23.5 Å². The molecule has 0 spiro atoms. The fourth-order valence-corrected chi connectivity index (χ4v) is 5.80. The molecule has 1 saturated heterocycles. The molecule has 1 saturated carbocycles. The molecule has 34 heavy (non-hydrogen) atoms. The van der Waals surface area contributed by atoms with Crippen molar-refractivity contribution in [2.45, 2.75) is 11.8 Å². The Morgan fingerprint density at radius 1 is 1.18 bits per heavy atom. The lowest BCUT2D eigenvalue weighted by Crippen LogP contribution is -2.32. The number of anilines is 1. The van der Waals surface area contributed by atoms with Crippen molar-refractivity contribution >= 4 is 17.0 Å². The van der Waals surface area contributed by atoms with Crippen LogP contribution in [0.4, 0.5) is 14.6 Å². The van der Waals surface area contributed by atoms with Crippen molar-refractivity contribution in [3.05, 3.63) is 65.9 Å². The maximum atomic E-state index is 14.6. The van der Waals surface area contributed by atoms with Gasteiger partial charge < -0.3 is 15.4 Å². The van der Waals surface area contributed by atoms with Crippen LogP contribution in [0.15, 0.2) is 48.7 Å². The van der Waals surface area contributed by atoms with Crippen LogP contribution in [-0.4, -0.2) is 46.9 Å². The molecule has 0 bridgehead atoms. The van der Waals surface area contributed by atoms with Gasteiger partial charge in [0.15, 0.2) is 17.2 Å². The van der Waals surface area contributed by atoms with E-state index in [-0.39, 0.29) is 22.9 Å². The van der Waals surface area contributed by atoms with Crippen molar-refractivity contribution in [2.24, 2.45) is 17.6 Å². The van der Waals surface area contributed by atoms with E-state index < -0.39 is 5.82 Å². The van der Waals surface area contributed by atoms with Crippen LogP contribution in [0.3, 0.4) is 0 Å². The normalized spacial score (nSPS) is 23.7. The lowest BCUT2D eigenvalue weighted by molar-refractivity contribution is 0.386. The molecule has 0 radical (unpaired) electrons. The molecule has 1 aliphatic carbocycles. The summed E-state index contributed by atoms with van der Waals surface area (Å²) >= 11 is 0. The van der Waals surface area contributed by atoms with Crippen LogP contribution in [0.2, 0.25) is 0 Å². The summed E-state index contributed by atoms with van der Waals surface area (Å²) in [5, 5.41) is 7.25. The molecule has 0 unspecified atom stereocenters. The SMILES string of the molecule is COc1ccc(-c2n[nH]c3nc(N4CC[C@@H]5[C@H](C4)[C@@]5(CN)c4ccccc4F)cnc23)cc1F. The largest absolute Gasteiger partial charge is 0.494 e. The molecule has 1 aliphatic heterocycles. The van der Waals surface area contributed by atoms with Crippen LogP contribution in [0.1, 0.15) is 12.0 Å². The first-order valence-electron chi connectivity index (χ1n) is 11.3. The summed E-state index contributed by atoms with van der Waals surface area (Å²) in [5.41, 5.74) is 8.82. The molecule has 9 heteroatoms. The molecular weight excluding hydrogens is 438 g/mol. The molecule has 6 rings (SSSR count). The van der Waals surface area contributed by atoms with Gasteiger partial charge in [-0.05, 0) is 48.1 Å². The van der Waals surface area contributed by atoms with Crippen LogP contribution >= 0.6 is 0 Å². The summed E-state index contributed by atoms with van der Waals surface area (Å²) in [7, 11) is 1.42. The van der Waals surface area contributed by atoms with E-state index in [1.807, 2.05) is 12.1 Å². The number of nitrogens with two attached hydrogens (primary N) is 1. The van der Waals surface area contributed by atoms with E-state index in [0.29, 0.717) is 34.9 Å². The first kappa shape index (κ1) is 21.0. The molecule has 174 valence electrons. The van der Waals surface area contributed by atoms with E-state index in [0.717, 1.165) is 30.9 Å². The first-order valence-corrected chi connectivity index (χ1v) is 11.3. The smallest absolute Gasteiger partial charge is 0.177 e. The number of benzene rings is 2. The maximum absolute atomic E-state index is 14.6. The van der Waals surface area contributed by atoms with Crippen LogP contribution in [-0.2, 0) is 5.41 Å². The Morgan fingerprint density at radius 3 is 2.79 bits per heavy atom. The average molecular weight is 463 g/mol. The number of H-pyrrole nitrogens is 1. The number of aromatic amines is 1. The fraction of sp³-hybridized carbons (Fsp3) is 0.320. The summed E-state index contributed by atoms with van der Waals surface area (Å²) in [6.45, 7) is 1.95. The summed E-state index contributed by atoms with van der Waals surface area (Å²) in [6.07, 6.45) is 2.63. The second kappa shape index (κ2) is 7.73. The zero-order valence-electron chi connectivity index (χ0n) is 18.6. The molecule has 3 N–H and O–H groups in total. The zero-order valence-corrected chi connectivity index (χ0v) is 18.6. The minimum Gasteiger partial charge on any atom is -0.494 e. The standard InChI is InChI=1S/C25H24F2N6O/c1-34-20-7-6-14(10-19(20)27)22-23-24(32-31-22)30-21(11-29-23)33-9-8-15-17(12-33)25(15,13-28)16-4-2-3-5-18(16)26/h2-7,10-11,15,17H,8-9,12-13,28H2,1H3,(H,30,31,32)/t15-,17+,25-/m1/s1. The first-order chi connectivity index (χ1) is 16.6. The zero-order chi connectivity index (χ0) is 23.4. The Kier molecular flexibility index (Phi) is 4.77. The Hall–Kier alpha value is -3.59. The molecule has 3 atom stereocenters. The third kappa shape index (κ3) is 3.00. The Morgan fingerprint density at radius 2 is 2.03 bits per heavy atom. The monoisotopic (exact) mass is 462 g/mol. The highest BCUT2D eigenvalue weighted by molar-refractivity contribution is 5.88. The number of piperidine rings is 1. The highest BCUT2D eigenvalue weighted by Crippen LogP contribution is 2.63. The lowest BCUT2D eigenvalue weighted by atomic mass is 9.91. The number of rotatable bonds is 5. The third-order valence-electron chi connectivity index (χ3n) is 7.55. The average Bonchev–Trinajstić information content (AvgIpc) is 3.32. The predicted molar refractivity (Wildman–Crippen MR) is 125 cm³/mol. The minimum absolute atomic E-state index is 0.171. The highest BCUT2D eigenvalue weighted by Gasteiger charge is 2.66. The lowest BCUT2D eigenvalue weighted by Gasteiger charge is -2.26. The van der Waals surface area contributed by atoms with E-state index in [2.05, 4.69) is 20.1 Å². The molecule has 2 fully saturated rings. The van der Waals surface area contributed by atoms with Gasteiger partial charge in [0.05, 0.1) is 13.3 Å². The van der Waals surface area contributed by atoms with Gasteiger partial charge in [-0.2, -0.15) is 5.10 Å².